The Balaban J connectivity index is 2.58. The van der Waals surface area contributed by atoms with E-state index in [0.29, 0.717) is 17.7 Å². The monoisotopic (exact) mass is 294 g/mol. The average Bonchev–Trinajstić information content (AvgIpc) is 2.43. The highest BCUT2D eigenvalue weighted by Crippen LogP contribution is 2.30. The lowest BCUT2D eigenvalue weighted by Crippen LogP contribution is -2.01. The van der Waals surface area contributed by atoms with Crippen LogP contribution in [0.1, 0.15) is 61.9 Å². The number of aryl methyl sites for hydroxylation is 1. The minimum absolute atomic E-state index is 0.0934. The van der Waals surface area contributed by atoms with Crippen LogP contribution in [-0.4, -0.2) is 23.3 Å². The van der Waals surface area contributed by atoms with Gasteiger partial charge in [-0.05, 0) is 36.5 Å². The largest absolute Gasteiger partial charge is 0.507 e. The molecule has 118 valence electrons. The van der Waals surface area contributed by atoms with Crippen molar-refractivity contribution in [2.45, 2.75) is 52.4 Å². The number of carbonyl (C=O) groups is 1. The van der Waals surface area contributed by atoms with Crippen molar-refractivity contribution in [1.82, 2.24) is 0 Å². The van der Waals surface area contributed by atoms with Crippen LogP contribution in [0.3, 0.4) is 0 Å². The van der Waals surface area contributed by atoms with Crippen LogP contribution in [0.5, 0.6) is 11.5 Å². The van der Waals surface area contributed by atoms with Gasteiger partial charge in [-0.15, -0.1) is 0 Å². The Morgan fingerprint density at radius 2 is 1.86 bits per heavy atom. The molecule has 0 saturated carbocycles. The van der Waals surface area contributed by atoms with E-state index >= 15 is 0 Å². The molecule has 1 aromatic carbocycles. The predicted octanol–water partition coefficient (Wildman–Crippen LogP) is 4.25. The molecule has 4 heteroatoms. The zero-order chi connectivity index (χ0) is 15.8. The van der Waals surface area contributed by atoms with E-state index in [9.17, 15) is 9.90 Å². The third kappa shape index (κ3) is 5.66. The number of carboxylic acids is 1. The van der Waals surface area contributed by atoms with Gasteiger partial charge in [0.2, 0.25) is 0 Å². The summed E-state index contributed by atoms with van der Waals surface area (Å²) >= 11 is 0. The molecule has 0 unspecified atom stereocenters. The number of unbranched alkanes of at least 4 members (excludes halogenated alkanes) is 3. The van der Waals surface area contributed by atoms with Gasteiger partial charge in [0, 0.05) is 0 Å². The van der Waals surface area contributed by atoms with Crippen LogP contribution in [0.15, 0.2) is 12.1 Å². The van der Waals surface area contributed by atoms with Gasteiger partial charge in [-0.3, -0.25) is 0 Å². The van der Waals surface area contributed by atoms with Crippen molar-refractivity contribution in [2.24, 2.45) is 5.92 Å². The van der Waals surface area contributed by atoms with Crippen LogP contribution < -0.4 is 4.74 Å². The fraction of sp³-hybridized carbons (Fsp3) is 0.588. The van der Waals surface area contributed by atoms with E-state index in [1.807, 2.05) is 0 Å². The van der Waals surface area contributed by atoms with E-state index in [0.717, 1.165) is 18.8 Å². The van der Waals surface area contributed by atoms with E-state index in [1.165, 1.54) is 32.4 Å². The molecule has 0 saturated heterocycles. The molecular weight excluding hydrogens is 268 g/mol. The van der Waals surface area contributed by atoms with Gasteiger partial charge in [0.15, 0.2) is 0 Å². The first-order chi connectivity index (χ1) is 9.95. The Morgan fingerprint density at radius 1 is 1.19 bits per heavy atom. The lowest BCUT2D eigenvalue weighted by Gasteiger charge is -2.10. The van der Waals surface area contributed by atoms with E-state index in [-0.39, 0.29) is 11.3 Å². The summed E-state index contributed by atoms with van der Waals surface area (Å²) < 4.78 is 5.10. The molecular formula is C17H26O4. The molecule has 0 spiro atoms. The number of ether oxygens (including phenoxy) is 1. The van der Waals surface area contributed by atoms with Gasteiger partial charge < -0.3 is 14.9 Å². The molecule has 1 aromatic rings. The van der Waals surface area contributed by atoms with Crippen LogP contribution >= 0.6 is 0 Å². The first kappa shape index (κ1) is 17.3. The number of aromatic carboxylic acids is 1. The summed E-state index contributed by atoms with van der Waals surface area (Å²) in [4.78, 5) is 11.1. The number of phenols is 1. The first-order valence-electron chi connectivity index (χ1n) is 7.58. The number of methoxy groups -OCH3 is 1. The summed E-state index contributed by atoms with van der Waals surface area (Å²) in [5.74, 6) is -0.0550. The number of rotatable bonds is 9. The molecule has 0 atom stereocenters. The highest BCUT2D eigenvalue weighted by atomic mass is 16.5. The van der Waals surface area contributed by atoms with Crippen LogP contribution in [-0.2, 0) is 6.42 Å². The Morgan fingerprint density at radius 3 is 2.43 bits per heavy atom. The second-order valence-electron chi connectivity index (χ2n) is 5.83. The molecule has 0 radical (unpaired) electrons. The summed E-state index contributed by atoms with van der Waals surface area (Å²) in [5.41, 5.74) is 0.555. The van der Waals surface area contributed by atoms with E-state index in [4.69, 9.17) is 9.84 Å². The normalized spacial score (nSPS) is 10.9. The first-order valence-corrected chi connectivity index (χ1v) is 7.58. The molecule has 0 aliphatic heterocycles. The van der Waals surface area contributed by atoms with Gasteiger partial charge in [0.25, 0.3) is 0 Å². The summed E-state index contributed by atoms with van der Waals surface area (Å²) in [6, 6.07) is 3.07. The van der Waals surface area contributed by atoms with Gasteiger partial charge >= 0.3 is 5.97 Å². The molecule has 0 heterocycles. The highest BCUT2D eigenvalue weighted by molar-refractivity contribution is 5.91. The Kier molecular flexibility index (Phi) is 7.06. The van der Waals surface area contributed by atoms with Crippen molar-refractivity contribution in [3.8, 4) is 11.5 Å². The number of aromatic hydroxyl groups is 1. The fourth-order valence-electron chi connectivity index (χ4n) is 2.36. The molecule has 4 nitrogen and oxygen atoms in total. The highest BCUT2D eigenvalue weighted by Gasteiger charge is 2.15. The molecule has 0 aromatic heterocycles. The second-order valence-corrected chi connectivity index (χ2v) is 5.83. The SMILES string of the molecule is COc1cc(CCCCCCC(C)C)c(O)c(C(=O)O)c1. The van der Waals surface area contributed by atoms with Gasteiger partial charge in [-0.2, -0.15) is 0 Å². The lowest BCUT2D eigenvalue weighted by atomic mass is 10.00. The van der Waals surface area contributed by atoms with Crippen molar-refractivity contribution in [3.05, 3.63) is 23.3 Å². The smallest absolute Gasteiger partial charge is 0.339 e. The molecule has 0 aliphatic carbocycles. The van der Waals surface area contributed by atoms with Crippen molar-refractivity contribution in [2.75, 3.05) is 7.11 Å². The van der Waals surface area contributed by atoms with Crippen molar-refractivity contribution < 1.29 is 19.7 Å². The topological polar surface area (TPSA) is 66.8 Å². The molecule has 0 amide bonds. The van der Waals surface area contributed by atoms with E-state index in [2.05, 4.69) is 13.8 Å². The van der Waals surface area contributed by atoms with Crippen LogP contribution in [0.25, 0.3) is 0 Å². The van der Waals surface area contributed by atoms with Gasteiger partial charge in [0.05, 0.1) is 7.11 Å². The molecule has 0 bridgehead atoms. The van der Waals surface area contributed by atoms with Crippen LogP contribution in [0.2, 0.25) is 0 Å². The second kappa shape index (κ2) is 8.55. The minimum Gasteiger partial charge on any atom is -0.507 e. The number of carboxylic acid groups (broad SMARTS) is 1. The maximum absolute atomic E-state index is 11.1. The van der Waals surface area contributed by atoms with Crippen molar-refractivity contribution in [1.29, 1.82) is 0 Å². The average molecular weight is 294 g/mol. The molecule has 0 aliphatic rings. The van der Waals surface area contributed by atoms with Gasteiger partial charge in [-0.25, -0.2) is 4.79 Å². The Hall–Kier alpha value is -1.71. The third-order valence-corrected chi connectivity index (χ3v) is 3.61. The van der Waals surface area contributed by atoms with Gasteiger partial charge in [-0.1, -0.05) is 39.5 Å². The van der Waals surface area contributed by atoms with E-state index in [1.54, 1.807) is 6.07 Å². The lowest BCUT2D eigenvalue weighted by molar-refractivity contribution is 0.0693. The number of hydrogen-bond acceptors (Lipinski definition) is 3. The predicted molar refractivity (Wildman–Crippen MR) is 83.2 cm³/mol. The maximum atomic E-state index is 11.1. The van der Waals surface area contributed by atoms with E-state index < -0.39 is 5.97 Å². The zero-order valence-electron chi connectivity index (χ0n) is 13.2. The summed E-state index contributed by atoms with van der Waals surface area (Å²) in [6.07, 6.45) is 6.35. The summed E-state index contributed by atoms with van der Waals surface area (Å²) in [6.45, 7) is 4.45. The molecule has 1 rings (SSSR count). The number of benzene rings is 1. The minimum atomic E-state index is -1.13. The third-order valence-electron chi connectivity index (χ3n) is 3.61. The van der Waals surface area contributed by atoms with Crippen molar-refractivity contribution >= 4 is 5.97 Å². The Labute approximate surface area is 126 Å². The zero-order valence-corrected chi connectivity index (χ0v) is 13.2. The summed E-state index contributed by atoms with van der Waals surface area (Å²) in [5, 5.41) is 19.1. The maximum Gasteiger partial charge on any atom is 0.339 e. The fourth-order valence-corrected chi connectivity index (χ4v) is 2.36. The summed E-state index contributed by atoms with van der Waals surface area (Å²) in [7, 11) is 1.49. The van der Waals surface area contributed by atoms with Crippen molar-refractivity contribution in [3.63, 3.8) is 0 Å². The molecule has 21 heavy (non-hydrogen) atoms. The Bertz CT molecular complexity index is 466. The molecule has 2 N–H and O–H groups in total. The quantitative estimate of drug-likeness (QED) is 0.668. The standard InChI is InChI=1S/C17H26O4/c1-12(2)8-6-4-5-7-9-13-10-14(21-3)11-15(16(13)18)17(19)20/h10-12,18H,4-9H2,1-3H3,(H,19,20). The van der Waals surface area contributed by atoms with Crippen LogP contribution in [0.4, 0.5) is 0 Å². The molecule has 0 fully saturated rings. The van der Waals surface area contributed by atoms with Gasteiger partial charge in [0.1, 0.15) is 17.1 Å². The van der Waals surface area contributed by atoms with Crippen LogP contribution in [0, 0.1) is 5.92 Å². The number of hydrogen-bond donors (Lipinski definition) is 2.